The van der Waals surface area contributed by atoms with Gasteiger partial charge in [0.05, 0.1) is 18.1 Å². The highest BCUT2D eigenvalue weighted by atomic mass is 79.9. The van der Waals surface area contributed by atoms with E-state index < -0.39 is 5.97 Å². The summed E-state index contributed by atoms with van der Waals surface area (Å²) in [5.41, 5.74) is 0.912. The molecule has 5 nitrogen and oxygen atoms in total. The van der Waals surface area contributed by atoms with E-state index in [1.54, 1.807) is 12.1 Å². The highest BCUT2D eigenvalue weighted by Gasteiger charge is 2.30. The van der Waals surface area contributed by atoms with Gasteiger partial charge in [0, 0.05) is 12.6 Å². The number of aromatic hydroxyl groups is 1. The molecule has 19 heavy (non-hydrogen) atoms. The van der Waals surface area contributed by atoms with E-state index in [0.29, 0.717) is 22.8 Å². The minimum Gasteiger partial charge on any atom is -0.503 e. The third kappa shape index (κ3) is 3.61. The number of hydrogen-bond donors (Lipinski definition) is 2. The van der Waals surface area contributed by atoms with Crippen molar-refractivity contribution in [2.45, 2.75) is 25.4 Å². The fourth-order valence-electron chi connectivity index (χ4n) is 2.04. The Kier molecular flexibility index (Phi) is 4.31. The first-order valence-corrected chi connectivity index (χ1v) is 6.81. The number of benzene rings is 1. The zero-order chi connectivity index (χ0) is 14.0. The van der Waals surface area contributed by atoms with Crippen LogP contribution in [0.15, 0.2) is 16.6 Å². The SMILES string of the molecule is COc1cc(CN(CC(=O)O)C2CC2)cc(Br)c1O. The van der Waals surface area contributed by atoms with Crippen LogP contribution in [0, 0.1) is 0 Å². The molecule has 1 fully saturated rings. The van der Waals surface area contributed by atoms with E-state index in [-0.39, 0.29) is 12.3 Å². The summed E-state index contributed by atoms with van der Waals surface area (Å²) in [4.78, 5) is 12.8. The monoisotopic (exact) mass is 329 g/mol. The quantitative estimate of drug-likeness (QED) is 0.837. The molecule has 0 atom stereocenters. The van der Waals surface area contributed by atoms with Gasteiger partial charge in [0.15, 0.2) is 11.5 Å². The van der Waals surface area contributed by atoms with Gasteiger partial charge in [-0.05, 0) is 46.5 Å². The molecule has 0 unspecified atom stereocenters. The van der Waals surface area contributed by atoms with E-state index in [0.717, 1.165) is 18.4 Å². The first-order valence-electron chi connectivity index (χ1n) is 6.02. The number of nitrogens with zero attached hydrogens (tertiary/aromatic N) is 1. The number of ether oxygens (including phenoxy) is 1. The molecule has 2 rings (SSSR count). The Hall–Kier alpha value is -1.27. The van der Waals surface area contributed by atoms with Gasteiger partial charge in [-0.3, -0.25) is 9.69 Å². The molecule has 1 saturated carbocycles. The lowest BCUT2D eigenvalue weighted by Gasteiger charge is -2.20. The molecule has 1 aromatic rings. The number of rotatable bonds is 6. The number of halogens is 1. The third-order valence-corrected chi connectivity index (χ3v) is 3.70. The molecular formula is C13H16BrNO4. The summed E-state index contributed by atoms with van der Waals surface area (Å²) < 4.78 is 5.64. The predicted molar refractivity (Wildman–Crippen MR) is 73.4 cm³/mol. The Morgan fingerprint density at radius 3 is 2.74 bits per heavy atom. The fraction of sp³-hybridized carbons (Fsp3) is 0.462. The van der Waals surface area contributed by atoms with Crippen LogP contribution >= 0.6 is 15.9 Å². The lowest BCUT2D eigenvalue weighted by atomic mass is 10.2. The molecule has 0 amide bonds. The molecule has 104 valence electrons. The van der Waals surface area contributed by atoms with Crippen LogP contribution in [0.25, 0.3) is 0 Å². The average Bonchev–Trinajstić information content (AvgIpc) is 3.16. The number of phenolic OH excluding ortho intramolecular Hbond substituents is 1. The van der Waals surface area contributed by atoms with Crippen LogP contribution in [0.1, 0.15) is 18.4 Å². The molecule has 0 aliphatic heterocycles. The van der Waals surface area contributed by atoms with Gasteiger partial charge in [0.1, 0.15) is 0 Å². The molecule has 0 radical (unpaired) electrons. The summed E-state index contributed by atoms with van der Waals surface area (Å²) in [5, 5.41) is 18.7. The van der Waals surface area contributed by atoms with Gasteiger partial charge in [0.25, 0.3) is 0 Å². The number of hydrogen-bond acceptors (Lipinski definition) is 4. The molecule has 0 bridgehead atoms. The minimum atomic E-state index is -0.822. The van der Waals surface area contributed by atoms with Gasteiger partial charge in [0.2, 0.25) is 0 Å². The van der Waals surface area contributed by atoms with Crippen LogP contribution in [0.2, 0.25) is 0 Å². The van der Waals surface area contributed by atoms with Gasteiger partial charge >= 0.3 is 5.97 Å². The molecule has 1 aromatic carbocycles. The van der Waals surface area contributed by atoms with Crippen molar-refractivity contribution in [1.82, 2.24) is 4.90 Å². The zero-order valence-electron chi connectivity index (χ0n) is 10.6. The van der Waals surface area contributed by atoms with E-state index in [1.807, 2.05) is 4.90 Å². The Bertz CT molecular complexity index is 488. The van der Waals surface area contributed by atoms with Crippen LogP contribution < -0.4 is 4.74 Å². The van der Waals surface area contributed by atoms with Crippen molar-refractivity contribution in [2.24, 2.45) is 0 Å². The van der Waals surface area contributed by atoms with Crippen molar-refractivity contribution in [3.8, 4) is 11.5 Å². The largest absolute Gasteiger partial charge is 0.503 e. The van der Waals surface area contributed by atoms with E-state index in [4.69, 9.17) is 9.84 Å². The Morgan fingerprint density at radius 1 is 1.53 bits per heavy atom. The molecule has 1 aliphatic rings. The van der Waals surface area contributed by atoms with E-state index in [1.165, 1.54) is 7.11 Å². The third-order valence-electron chi connectivity index (χ3n) is 3.10. The Balaban J connectivity index is 2.16. The standard InChI is InChI=1S/C13H16BrNO4/c1-19-11-5-8(4-10(14)13(11)18)6-15(7-12(16)17)9-2-3-9/h4-5,9,18H,2-3,6-7H2,1H3,(H,16,17). The van der Waals surface area contributed by atoms with Gasteiger partial charge in [-0.15, -0.1) is 0 Å². The minimum absolute atomic E-state index is 0.0332. The van der Waals surface area contributed by atoms with E-state index >= 15 is 0 Å². The molecule has 0 saturated heterocycles. The normalized spacial score (nSPS) is 14.7. The number of carbonyl (C=O) groups is 1. The lowest BCUT2D eigenvalue weighted by molar-refractivity contribution is -0.138. The Labute approximate surface area is 119 Å². The van der Waals surface area contributed by atoms with Gasteiger partial charge in [-0.25, -0.2) is 0 Å². The molecule has 0 aromatic heterocycles. The molecule has 0 heterocycles. The molecular weight excluding hydrogens is 314 g/mol. The number of methoxy groups -OCH3 is 1. The summed E-state index contributed by atoms with van der Waals surface area (Å²) in [5.74, 6) is -0.380. The van der Waals surface area contributed by atoms with Gasteiger partial charge in [-0.1, -0.05) is 0 Å². The van der Waals surface area contributed by atoms with Crippen molar-refractivity contribution in [3.05, 3.63) is 22.2 Å². The molecule has 0 spiro atoms. The van der Waals surface area contributed by atoms with E-state index in [9.17, 15) is 9.90 Å². The summed E-state index contributed by atoms with van der Waals surface area (Å²) >= 11 is 3.27. The van der Waals surface area contributed by atoms with Crippen LogP contribution in [0.4, 0.5) is 0 Å². The summed E-state index contributed by atoms with van der Waals surface area (Å²) in [6, 6.07) is 3.88. The molecule has 2 N–H and O–H groups in total. The predicted octanol–water partition coefficient (Wildman–Crippen LogP) is 2.21. The fourth-order valence-corrected chi connectivity index (χ4v) is 2.53. The maximum Gasteiger partial charge on any atom is 0.317 e. The summed E-state index contributed by atoms with van der Waals surface area (Å²) in [6.07, 6.45) is 2.09. The number of carboxylic acid groups (broad SMARTS) is 1. The van der Waals surface area contributed by atoms with Crippen LogP contribution in [0.3, 0.4) is 0 Å². The van der Waals surface area contributed by atoms with Crippen molar-refractivity contribution < 1.29 is 19.7 Å². The second-order valence-electron chi connectivity index (χ2n) is 4.66. The highest BCUT2D eigenvalue weighted by Crippen LogP contribution is 2.36. The van der Waals surface area contributed by atoms with E-state index in [2.05, 4.69) is 15.9 Å². The topological polar surface area (TPSA) is 70.0 Å². The molecule has 1 aliphatic carbocycles. The lowest BCUT2D eigenvalue weighted by Crippen LogP contribution is -2.31. The first kappa shape index (κ1) is 14.1. The number of carboxylic acids is 1. The summed E-state index contributed by atoms with van der Waals surface area (Å²) in [7, 11) is 1.49. The summed E-state index contributed by atoms with van der Waals surface area (Å²) in [6.45, 7) is 0.567. The van der Waals surface area contributed by atoms with Gasteiger partial charge < -0.3 is 14.9 Å². The Morgan fingerprint density at radius 2 is 2.21 bits per heavy atom. The van der Waals surface area contributed by atoms with Crippen LogP contribution in [0.5, 0.6) is 11.5 Å². The molecule has 6 heteroatoms. The average molecular weight is 330 g/mol. The number of aliphatic carboxylic acids is 1. The van der Waals surface area contributed by atoms with Crippen molar-refractivity contribution in [2.75, 3.05) is 13.7 Å². The van der Waals surface area contributed by atoms with Gasteiger partial charge in [-0.2, -0.15) is 0 Å². The highest BCUT2D eigenvalue weighted by molar-refractivity contribution is 9.10. The van der Waals surface area contributed by atoms with Crippen molar-refractivity contribution >= 4 is 21.9 Å². The van der Waals surface area contributed by atoms with Crippen molar-refractivity contribution in [1.29, 1.82) is 0 Å². The zero-order valence-corrected chi connectivity index (χ0v) is 12.2. The second-order valence-corrected chi connectivity index (χ2v) is 5.51. The van der Waals surface area contributed by atoms with Crippen LogP contribution in [-0.2, 0) is 11.3 Å². The van der Waals surface area contributed by atoms with Crippen LogP contribution in [-0.4, -0.2) is 40.8 Å². The number of phenols is 1. The maximum atomic E-state index is 10.9. The smallest absolute Gasteiger partial charge is 0.317 e. The maximum absolute atomic E-state index is 10.9. The first-order chi connectivity index (χ1) is 9.01. The second kappa shape index (κ2) is 5.79. The van der Waals surface area contributed by atoms with Crippen molar-refractivity contribution in [3.63, 3.8) is 0 Å².